The number of unbranched alkanes of at least 4 members (excludes halogenated alkanes) is 4. The largest absolute Gasteiger partial charge is 0.493 e. The summed E-state index contributed by atoms with van der Waals surface area (Å²) in [5.41, 5.74) is 12.3. The van der Waals surface area contributed by atoms with Gasteiger partial charge in [0, 0.05) is 70.1 Å². The molecule has 0 bridgehead atoms. The van der Waals surface area contributed by atoms with Gasteiger partial charge in [-0.1, -0.05) is 254 Å². The molecule has 14 heteroatoms. The zero-order valence-corrected chi connectivity index (χ0v) is 77.7. The quantitative estimate of drug-likeness (QED) is 0.0216. The first-order chi connectivity index (χ1) is 61.7. The lowest BCUT2D eigenvalue weighted by Gasteiger charge is -2.34. The van der Waals surface area contributed by atoms with E-state index < -0.39 is 10.8 Å². The van der Waals surface area contributed by atoms with Crippen molar-refractivity contribution >= 4 is 132 Å². The number of benzene rings is 8. The summed E-state index contributed by atoms with van der Waals surface area (Å²) >= 11 is 9.22. The molecule has 0 saturated carbocycles. The van der Waals surface area contributed by atoms with Gasteiger partial charge in [-0.15, -0.1) is 56.7 Å². The summed E-state index contributed by atoms with van der Waals surface area (Å²) in [6.45, 7) is 30.7. The Morgan fingerprint density at radius 3 is 1.16 bits per heavy atom. The number of thiophene rings is 5. The standard InChI is InChI=1S/C112H107N3O6S5/c1-11-19-29-70(15-5)65-118-82-49-41-78(42-50-82)111(79-43-51-83(52-44-79)119-66-71(16-6)30-20-12-2)94-61-86(37-27-39-88-97(69(9)63-113)90-57-74-33-23-25-35-76(74)59-92(90)102(88)116)122-104(94)106-100(111)108-110(125-106)101-109(126-108)107-99(105-96(124-107)62-87(123-105)38-28-40-89-98(95(64-114)115-10)91-58-75-34-24-26-36-77(75)60-93(91)103(89)117)112(101,80-45-53-84(54-46-80)120-67-72(17-7)31-21-13-3)81-47-55-85(56-48-81)121-68-73(18-8)32-22-14-4/h23-28,33-62,70-73H,11-22,29-32,65-68H2,1-9H3/b37-27+,38-28+,88-39-,89-40-,97-69-,98-95?. The van der Waals surface area contributed by atoms with E-state index in [-0.39, 0.29) is 17.3 Å². The average Bonchev–Trinajstić information content (AvgIpc) is 1.48. The Labute approximate surface area is 762 Å². The molecule has 4 aliphatic rings. The topological polar surface area (TPSA) is 123 Å². The fourth-order valence-electron chi connectivity index (χ4n) is 19.5. The summed E-state index contributed by atoms with van der Waals surface area (Å²) in [7, 11) is 0. The van der Waals surface area contributed by atoms with Crippen LogP contribution in [0.5, 0.6) is 23.0 Å². The van der Waals surface area contributed by atoms with E-state index in [1.807, 2.05) is 120 Å². The normalized spacial score (nSPS) is 18.0. The Kier molecular flexibility index (Phi) is 26.3. The molecular weight excluding hydrogens is 1640 g/mol. The molecule has 17 rings (SSSR count). The molecule has 4 aliphatic carbocycles. The van der Waals surface area contributed by atoms with Gasteiger partial charge in [0.05, 0.1) is 89.6 Å². The van der Waals surface area contributed by atoms with Gasteiger partial charge in [-0.3, -0.25) is 9.59 Å². The first kappa shape index (κ1) is 86.9. The fourth-order valence-corrected chi connectivity index (χ4v) is 26.7. The zero-order valence-electron chi connectivity index (χ0n) is 73.6. The van der Waals surface area contributed by atoms with Gasteiger partial charge in [-0.05, 0) is 214 Å². The highest BCUT2D eigenvalue weighted by atomic mass is 32.1. The molecule has 8 aromatic carbocycles. The highest BCUT2D eigenvalue weighted by Crippen LogP contribution is 2.72. The van der Waals surface area contributed by atoms with Gasteiger partial charge < -0.3 is 18.9 Å². The van der Waals surface area contributed by atoms with Gasteiger partial charge in [0.25, 0.3) is 5.70 Å². The number of Topliss-reactive ketones (excluding diaryl/α,β-unsaturated/α-hetero) is 2. The number of ketones is 2. The molecule has 0 aliphatic heterocycles. The van der Waals surface area contributed by atoms with Crippen LogP contribution in [0.25, 0.3) is 88.0 Å². The third-order valence-electron chi connectivity index (χ3n) is 26.7. The van der Waals surface area contributed by atoms with Crippen LogP contribution in [0.4, 0.5) is 0 Å². The summed E-state index contributed by atoms with van der Waals surface area (Å²) < 4.78 is 32.2. The van der Waals surface area contributed by atoms with Gasteiger partial charge in [0.1, 0.15) is 23.0 Å². The number of allylic oxidation sites excluding steroid dienone is 10. The molecule has 9 nitrogen and oxygen atoms in total. The van der Waals surface area contributed by atoms with Crippen LogP contribution < -0.4 is 18.9 Å². The van der Waals surface area contributed by atoms with E-state index in [1.54, 1.807) is 28.7 Å². The van der Waals surface area contributed by atoms with E-state index in [0.717, 1.165) is 190 Å². The lowest BCUT2D eigenvalue weighted by molar-refractivity contribution is 0.103. The van der Waals surface area contributed by atoms with Crippen LogP contribution in [0, 0.1) is 52.9 Å². The van der Waals surface area contributed by atoms with E-state index in [1.165, 1.54) is 55.9 Å². The van der Waals surface area contributed by atoms with E-state index >= 15 is 0 Å². The molecule has 4 atom stereocenters. The van der Waals surface area contributed by atoms with Crippen molar-refractivity contribution in [2.45, 2.75) is 176 Å². The van der Waals surface area contributed by atoms with E-state index in [4.69, 9.17) is 25.5 Å². The molecule has 0 fully saturated rings. The first-order valence-electron chi connectivity index (χ1n) is 45.5. The number of fused-ring (bicyclic) bond motifs is 15. The molecule has 0 N–H and O–H groups in total. The lowest BCUT2D eigenvalue weighted by Crippen LogP contribution is -2.29. The summed E-state index contributed by atoms with van der Waals surface area (Å²) in [5.74, 6) is 4.79. The van der Waals surface area contributed by atoms with Gasteiger partial charge >= 0.3 is 0 Å². The molecule has 0 spiro atoms. The third-order valence-corrected chi connectivity index (χ3v) is 33.1. The number of carbonyl (C=O) groups excluding carboxylic acids is 2. The molecule has 126 heavy (non-hydrogen) atoms. The number of nitrogens with zero attached hydrogens (tertiary/aromatic N) is 3. The van der Waals surface area contributed by atoms with Gasteiger partial charge in [-0.2, -0.15) is 5.26 Å². The molecule has 0 amide bonds. The number of nitriles is 2. The Balaban J connectivity index is 0.889. The number of ether oxygens (including phenoxy) is 4. The van der Waals surface area contributed by atoms with Crippen LogP contribution in [0.2, 0.25) is 0 Å². The number of hydrogen-bond donors (Lipinski definition) is 0. The predicted molar refractivity (Wildman–Crippen MR) is 529 cm³/mol. The molecule has 13 aromatic rings. The number of rotatable bonds is 36. The summed E-state index contributed by atoms with van der Waals surface area (Å²) in [6, 6.07) is 69.4. The van der Waals surface area contributed by atoms with Gasteiger partial charge in [0.2, 0.25) is 0 Å². The third kappa shape index (κ3) is 16.0. The lowest BCUT2D eigenvalue weighted by atomic mass is 9.67. The Morgan fingerprint density at radius 2 is 0.770 bits per heavy atom. The maximum atomic E-state index is 14.9. The Morgan fingerprint density at radius 1 is 0.413 bits per heavy atom. The minimum atomic E-state index is -0.925. The molecule has 4 unspecified atom stereocenters. The molecule has 0 saturated heterocycles. The monoisotopic (exact) mass is 1750 g/mol. The van der Waals surface area contributed by atoms with Crippen LogP contribution in [-0.2, 0) is 10.8 Å². The summed E-state index contributed by atoms with van der Waals surface area (Å²) in [5, 5.41) is 24.9. The SMILES string of the molecule is [C-]#[N+]C(C#N)=C1/C(=C/C=C/c2cc3sc4c(c3s2)C(c2ccc(OCC(CC)CCCC)cc2)(c2ccc(OCC(CC)CCCC)cc2)c2c-4sc3c4c(sc23)-c2sc(/C=C/C=C3\C(=O)c5cc6ccccc6cc5\C3=C(\C)C#N)cc2C4(c2ccc(OCC(CC)CCCC)cc2)c2ccc(OCC(CC)CCCC)cc2)C(=O)c2cc3ccccc3cc21. The summed E-state index contributed by atoms with van der Waals surface area (Å²) in [6.07, 6.45) is 29.7. The second kappa shape index (κ2) is 38.1. The van der Waals surface area contributed by atoms with Crippen molar-refractivity contribution in [1.82, 2.24) is 0 Å². The Bertz CT molecular complexity index is 6500. The minimum absolute atomic E-state index is 0.0953. The zero-order chi connectivity index (χ0) is 87.3. The summed E-state index contributed by atoms with van der Waals surface area (Å²) in [4.78, 5) is 40.1. The maximum absolute atomic E-state index is 14.9. The molecule has 5 heterocycles. The molecule has 0 radical (unpaired) electrons. The van der Waals surface area contributed by atoms with Crippen molar-refractivity contribution in [3.8, 4) is 54.6 Å². The predicted octanol–water partition coefficient (Wildman–Crippen LogP) is 31.8. The Hall–Kier alpha value is -11.3. The van der Waals surface area contributed by atoms with E-state index in [0.29, 0.717) is 94.7 Å². The minimum Gasteiger partial charge on any atom is -0.493 e. The second-order valence-corrected chi connectivity index (χ2v) is 39.7. The highest BCUT2D eigenvalue weighted by Gasteiger charge is 2.56. The number of carbonyl (C=O) groups is 2. The van der Waals surface area contributed by atoms with Crippen molar-refractivity contribution in [3.63, 3.8) is 0 Å². The van der Waals surface area contributed by atoms with Crippen molar-refractivity contribution < 1.29 is 28.5 Å². The van der Waals surface area contributed by atoms with E-state index in [2.05, 4.69) is 206 Å². The van der Waals surface area contributed by atoms with Crippen LogP contribution in [0.3, 0.4) is 0 Å². The first-order valence-corrected chi connectivity index (χ1v) is 49.6. The van der Waals surface area contributed by atoms with Crippen molar-refractivity contribution in [2.24, 2.45) is 23.7 Å². The molecule has 5 aromatic heterocycles. The van der Waals surface area contributed by atoms with Crippen molar-refractivity contribution in [3.05, 3.63) is 317 Å². The van der Waals surface area contributed by atoms with Crippen LogP contribution in [0.1, 0.15) is 251 Å². The molecule has 636 valence electrons. The van der Waals surface area contributed by atoms with Crippen LogP contribution >= 0.6 is 56.7 Å². The van der Waals surface area contributed by atoms with Crippen LogP contribution in [-0.4, -0.2) is 38.0 Å². The van der Waals surface area contributed by atoms with Crippen molar-refractivity contribution in [1.29, 1.82) is 10.5 Å². The van der Waals surface area contributed by atoms with Gasteiger partial charge in [-0.25, -0.2) is 10.1 Å². The fraction of sp³-hybridized carbons (Fsp3) is 0.312. The second-order valence-electron chi connectivity index (χ2n) is 34.4. The highest BCUT2D eigenvalue weighted by molar-refractivity contribution is 7.36. The van der Waals surface area contributed by atoms with Crippen molar-refractivity contribution in [2.75, 3.05) is 26.4 Å². The molecular formula is C112H107N3O6S5. The van der Waals surface area contributed by atoms with Gasteiger partial charge in [0.15, 0.2) is 11.6 Å². The van der Waals surface area contributed by atoms with Crippen LogP contribution in [0.15, 0.2) is 229 Å². The maximum Gasteiger partial charge on any atom is 0.270 e. The average molecular weight is 1750 g/mol. The number of hydrogen-bond acceptors (Lipinski definition) is 13. The van der Waals surface area contributed by atoms with E-state index in [9.17, 15) is 20.1 Å². The smallest absolute Gasteiger partial charge is 0.270 e.